The molecule has 8 N–H and O–H groups in total. The summed E-state index contributed by atoms with van der Waals surface area (Å²) < 4.78 is 0. The quantitative estimate of drug-likeness (QED) is 0.219. The Hall–Kier alpha value is -3.44. The zero-order valence-corrected chi connectivity index (χ0v) is 20.4. The molecule has 3 amide bonds. The van der Waals surface area contributed by atoms with Gasteiger partial charge in [0.2, 0.25) is 17.7 Å². The molecule has 1 aromatic heterocycles. The number of aromatic amines is 1. The number of benzene rings is 1. The number of para-hydroxylation sites is 1. The monoisotopic (exact) mass is 489 g/mol. The number of carboxylic acid groups (broad SMARTS) is 1. The van der Waals surface area contributed by atoms with Crippen molar-refractivity contribution in [3.05, 3.63) is 36.0 Å². The molecule has 0 saturated heterocycles. The second kappa shape index (κ2) is 12.3. The fourth-order valence-electron chi connectivity index (χ4n) is 3.65. The van der Waals surface area contributed by atoms with Crippen LogP contribution in [-0.2, 0) is 25.6 Å². The van der Waals surface area contributed by atoms with E-state index in [0.29, 0.717) is 0 Å². The highest BCUT2D eigenvalue weighted by molar-refractivity contribution is 5.95. The number of rotatable bonds is 12. The van der Waals surface area contributed by atoms with Gasteiger partial charge in [-0.2, -0.15) is 0 Å². The number of hydrogen-bond donors (Lipinski definition) is 7. The molecule has 0 fully saturated rings. The summed E-state index contributed by atoms with van der Waals surface area (Å²) in [4.78, 5) is 52.9. The normalized spacial score (nSPS) is 15.6. The Morgan fingerprint density at radius 3 is 2.14 bits per heavy atom. The molecule has 35 heavy (non-hydrogen) atoms. The van der Waals surface area contributed by atoms with Gasteiger partial charge >= 0.3 is 5.97 Å². The second-order valence-corrected chi connectivity index (χ2v) is 9.17. The van der Waals surface area contributed by atoms with Gasteiger partial charge in [0.1, 0.15) is 18.1 Å². The van der Waals surface area contributed by atoms with Gasteiger partial charge in [0.05, 0.1) is 12.1 Å². The number of nitrogens with one attached hydrogen (secondary N) is 4. The highest BCUT2D eigenvalue weighted by Gasteiger charge is 2.33. The summed E-state index contributed by atoms with van der Waals surface area (Å²) in [6.45, 7) is 6.40. The number of aliphatic carboxylic acids is 1. The van der Waals surface area contributed by atoms with Gasteiger partial charge in [-0.3, -0.25) is 14.4 Å². The van der Waals surface area contributed by atoms with Gasteiger partial charge in [-0.05, 0) is 37.8 Å². The van der Waals surface area contributed by atoms with E-state index in [2.05, 4.69) is 20.9 Å². The van der Waals surface area contributed by atoms with Crippen LogP contribution in [0, 0.1) is 5.92 Å². The molecule has 192 valence electrons. The molecule has 0 aliphatic rings. The lowest BCUT2D eigenvalue weighted by molar-refractivity contribution is -0.143. The topological polar surface area (TPSA) is 187 Å². The molecule has 1 aromatic carbocycles. The minimum atomic E-state index is -1.44. The van der Waals surface area contributed by atoms with Crippen LogP contribution in [0.25, 0.3) is 10.9 Å². The first kappa shape index (κ1) is 27.8. The minimum Gasteiger partial charge on any atom is -0.480 e. The fourth-order valence-corrected chi connectivity index (χ4v) is 3.65. The average Bonchev–Trinajstić information content (AvgIpc) is 3.18. The van der Waals surface area contributed by atoms with Crippen LogP contribution in [0.1, 0.15) is 39.7 Å². The predicted molar refractivity (Wildman–Crippen MR) is 130 cm³/mol. The Morgan fingerprint density at radius 2 is 1.57 bits per heavy atom. The Labute approximate surface area is 203 Å². The number of fused-ring (bicyclic) bond motifs is 1. The standard InChI is InChI=1S/C24H35N5O6/c1-12(2)9-19(24(34)35)28-23(33)20(14(4)30)29-22(32)18(27-21(31)13(3)25)10-15-11-26-17-8-6-5-7-16(15)17/h5-8,11-14,18-20,26,30H,9-10,25H2,1-4H3,(H,27,31)(H,28,33)(H,29,32)(H,34,35). The van der Waals surface area contributed by atoms with Crippen molar-refractivity contribution in [2.75, 3.05) is 0 Å². The lowest BCUT2D eigenvalue weighted by Gasteiger charge is -2.26. The van der Waals surface area contributed by atoms with Crippen LogP contribution in [0.3, 0.4) is 0 Å². The van der Waals surface area contributed by atoms with Gasteiger partial charge in [-0.1, -0.05) is 32.0 Å². The van der Waals surface area contributed by atoms with Crippen LogP contribution in [0.4, 0.5) is 0 Å². The first-order valence-corrected chi connectivity index (χ1v) is 11.5. The summed E-state index contributed by atoms with van der Waals surface area (Å²) in [5.74, 6) is -3.35. The molecule has 0 bridgehead atoms. The van der Waals surface area contributed by atoms with E-state index in [-0.39, 0.29) is 18.8 Å². The highest BCUT2D eigenvalue weighted by atomic mass is 16.4. The molecular weight excluding hydrogens is 454 g/mol. The maximum atomic E-state index is 13.2. The second-order valence-electron chi connectivity index (χ2n) is 9.17. The Bertz CT molecular complexity index is 1050. The summed E-state index contributed by atoms with van der Waals surface area (Å²) in [6, 6.07) is 2.85. The van der Waals surface area contributed by atoms with E-state index in [1.165, 1.54) is 13.8 Å². The van der Waals surface area contributed by atoms with E-state index in [4.69, 9.17) is 5.73 Å². The zero-order chi connectivity index (χ0) is 26.3. The van der Waals surface area contributed by atoms with Gasteiger partial charge in [-0.25, -0.2) is 4.79 Å². The highest BCUT2D eigenvalue weighted by Crippen LogP contribution is 2.19. The Morgan fingerprint density at radius 1 is 0.943 bits per heavy atom. The van der Waals surface area contributed by atoms with Crippen LogP contribution < -0.4 is 21.7 Å². The lowest BCUT2D eigenvalue weighted by atomic mass is 10.0. The van der Waals surface area contributed by atoms with Gasteiger partial charge in [0.15, 0.2) is 0 Å². The number of nitrogens with two attached hydrogens (primary N) is 1. The molecule has 5 unspecified atom stereocenters. The van der Waals surface area contributed by atoms with E-state index in [1.54, 1.807) is 6.20 Å². The maximum Gasteiger partial charge on any atom is 0.326 e. The van der Waals surface area contributed by atoms with Crippen LogP contribution in [-0.4, -0.2) is 69.2 Å². The average molecular weight is 490 g/mol. The number of aromatic nitrogens is 1. The van der Waals surface area contributed by atoms with Crippen molar-refractivity contribution in [1.29, 1.82) is 0 Å². The van der Waals surface area contributed by atoms with Crippen LogP contribution in [0.15, 0.2) is 30.5 Å². The lowest BCUT2D eigenvalue weighted by Crippen LogP contribution is -2.60. The molecule has 2 aromatic rings. The molecule has 2 rings (SSSR count). The van der Waals surface area contributed by atoms with E-state index < -0.39 is 54.0 Å². The SMILES string of the molecule is CC(C)CC(NC(=O)C(NC(=O)C(Cc1c[nH]c2ccccc12)NC(=O)C(C)N)C(C)O)C(=O)O. The van der Waals surface area contributed by atoms with Crippen molar-refractivity contribution in [2.24, 2.45) is 11.7 Å². The number of aliphatic hydroxyl groups excluding tert-OH is 1. The van der Waals surface area contributed by atoms with Crippen LogP contribution in [0.5, 0.6) is 0 Å². The smallest absolute Gasteiger partial charge is 0.326 e. The molecule has 5 atom stereocenters. The summed E-state index contributed by atoms with van der Waals surface area (Å²) in [6.07, 6.45) is 0.666. The summed E-state index contributed by atoms with van der Waals surface area (Å²) in [7, 11) is 0. The number of amides is 3. The summed E-state index contributed by atoms with van der Waals surface area (Å²) in [5.41, 5.74) is 7.27. The third kappa shape index (κ3) is 7.79. The van der Waals surface area contributed by atoms with Crippen LogP contribution in [0.2, 0.25) is 0 Å². The van der Waals surface area contributed by atoms with Gasteiger partial charge in [-0.15, -0.1) is 0 Å². The Balaban J connectivity index is 2.24. The predicted octanol–water partition coefficient (Wildman–Crippen LogP) is 0.0235. The molecule has 0 radical (unpaired) electrons. The number of carbonyl (C=O) groups is 4. The largest absolute Gasteiger partial charge is 0.480 e. The van der Waals surface area contributed by atoms with E-state index in [0.717, 1.165) is 16.5 Å². The summed E-state index contributed by atoms with van der Waals surface area (Å²) in [5, 5.41) is 27.9. The number of H-pyrrole nitrogens is 1. The third-order valence-electron chi connectivity index (χ3n) is 5.53. The maximum absolute atomic E-state index is 13.2. The van der Waals surface area contributed by atoms with Crippen LogP contribution >= 0.6 is 0 Å². The third-order valence-corrected chi connectivity index (χ3v) is 5.53. The molecule has 11 nitrogen and oxygen atoms in total. The molecule has 1 heterocycles. The van der Waals surface area contributed by atoms with Gasteiger partial charge < -0.3 is 36.9 Å². The van der Waals surface area contributed by atoms with E-state index in [9.17, 15) is 29.4 Å². The molecule has 0 spiro atoms. The number of carboxylic acids is 1. The van der Waals surface area contributed by atoms with Gasteiger partial charge in [0.25, 0.3) is 0 Å². The molecule has 0 aliphatic heterocycles. The summed E-state index contributed by atoms with van der Waals surface area (Å²) >= 11 is 0. The van der Waals surface area contributed by atoms with Crippen molar-refractivity contribution in [3.63, 3.8) is 0 Å². The zero-order valence-electron chi connectivity index (χ0n) is 20.4. The van der Waals surface area contributed by atoms with E-state index in [1.807, 2.05) is 38.1 Å². The van der Waals surface area contributed by atoms with E-state index >= 15 is 0 Å². The number of hydrogen-bond acceptors (Lipinski definition) is 6. The first-order chi connectivity index (χ1) is 16.4. The number of aliphatic hydroxyl groups is 1. The van der Waals surface area contributed by atoms with Crippen molar-refractivity contribution in [1.82, 2.24) is 20.9 Å². The number of carbonyl (C=O) groups excluding carboxylic acids is 3. The molecule has 11 heteroatoms. The molecular formula is C24H35N5O6. The van der Waals surface area contributed by atoms with Gasteiger partial charge in [0, 0.05) is 23.5 Å². The van der Waals surface area contributed by atoms with Crippen molar-refractivity contribution in [3.8, 4) is 0 Å². The fraction of sp³-hybridized carbons (Fsp3) is 0.500. The minimum absolute atomic E-state index is 0.00925. The first-order valence-electron chi connectivity index (χ1n) is 11.5. The molecule has 0 saturated carbocycles. The van der Waals surface area contributed by atoms with Crippen molar-refractivity contribution in [2.45, 2.75) is 70.8 Å². The Kier molecular flexibility index (Phi) is 9.78. The van der Waals surface area contributed by atoms with Crippen molar-refractivity contribution < 1.29 is 29.4 Å². The molecule has 0 aliphatic carbocycles. The van der Waals surface area contributed by atoms with Crippen molar-refractivity contribution >= 4 is 34.6 Å².